The molecule has 0 aromatic carbocycles. The molecule has 1 aliphatic rings. The van der Waals surface area contributed by atoms with Crippen LogP contribution in [0.15, 0.2) is 0 Å². The largest absolute Gasteiger partial charge is 0.451 e. The molecule has 23 heavy (non-hydrogen) atoms. The minimum atomic E-state index is -4.54. The van der Waals surface area contributed by atoms with E-state index in [-0.39, 0.29) is 50.3 Å². The molecular weight excluding hydrogens is 335 g/mol. The highest BCUT2D eigenvalue weighted by Crippen LogP contribution is 2.32. The molecule has 0 saturated carbocycles. The first-order chi connectivity index (χ1) is 10.3. The predicted octanol–water partition coefficient (Wildman–Crippen LogP) is 1.83. The monoisotopic (exact) mass is 355 g/mol. The molecule has 0 radical (unpaired) electrons. The first-order valence-electron chi connectivity index (χ1n) is 7.27. The Bertz CT molecular complexity index is 548. The number of nitrogens with two attached hydrogens (primary N) is 1. The van der Waals surface area contributed by atoms with Crippen LogP contribution < -0.4 is 5.73 Å². The SMILES string of the molecule is CCC(CC)(CN)C(=O)N1CCn2c(nnc2C(F)(F)F)C1.Cl. The molecule has 132 valence electrons. The Balaban J connectivity index is 0.00000264. The molecule has 0 aliphatic carbocycles. The molecule has 0 bridgehead atoms. The van der Waals surface area contributed by atoms with Gasteiger partial charge in [-0.3, -0.25) is 4.79 Å². The predicted molar refractivity (Wildman–Crippen MR) is 79.8 cm³/mol. The lowest BCUT2D eigenvalue weighted by Crippen LogP contribution is -2.50. The molecule has 1 aliphatic heterocycles. The van der Waals surface area contributed by atoms with Crippen LogP contribution in [0.1, 0.15) is 38.3 Å². The number of halogens is 4. The second-order valence-electron chi connectivity index (χ2n) is 5.51. The number of amides is 1. The Kier molecular flexibility index (Phi) is 6.03. The number of aromatic nitrogens is 3. The number of hydrogen-bond acceptors (Lipinski definition) is 4. The summed E-state index contributed by atoms with van der Waals surface area (Å²) in [6, 6.07) is 0. The van der Waals surface area contributed by atoms with Gasteiger partial charge in [0.1, 0.15) is 0 Å². The van der Waals surface area contributed by atoms with E-state index >= 15 is 0 Å². The number of carbonyl (C=O) groups excluding carboxylic acids is 1. The molecule has 0 spiro atoms. The highest BCUT2D eigenvalue weighted by atomic mass is 35.5. The summed E-state index contributed by atoms with van der Waals surface area (Å²) in [5.74, 6) is -0.974. The van der Waals surface area contributed by atoms with Gasteiger partial charge in [0.05, 0.1) is 12.0 Å². The number of nitrogens with zero attached hydrogens (tertiary/aromatic N) is 4. The van der Waals surface area contributed by atoms with Crippen molar-refractivity contribution in [2.45, 2.75) is 46.0 Å². The molecule has 2 rings (SSSR count). The van der Waals surface area contributed by atoms with Crippen molar-refractivity contribution in [3.05, 3.63) is 11.6 Å². The zero-order valence-electron chi connectivity index (χ0n) is 13.1. The molecule has 0 saturated heterocycles. The Hall–Kier alpha value is -1.35. The van der Waals surface area contributed by atoms with Crippen molar-refractivity contribution in [1.82, 2.24) is 19.7 Å². The quantitative estimate of drug-likeness (QED) is 0.893. The molecule has 0 fully saturated rings. The van der Waals surface area contributed by atoms with Crippen molar-refractivity contribution >= 4 is 18.3 Å². The van der Waals surface area contributed by atoms with E-state index in [4.69, 9.17) is 5.73 Å². The van der Waals surface area contributed by atoms with Crippen LogP contribution in [0.5, 0.6) is 0 Å². The zero-order chi connectivity index (χ0) is 16.5. The lowest BCUT2D eigenvalue weighted by molar-refractivity contribution is -0.149. The maximum absolute atomic E-state index is 12.8. The number of alkyl halides is 3. The van der Waals surface area contributed by atoms with E-state index < -0.39 is 17.4 Å². The number of hydrogen-bond donors (Lipinski definition) is 1. The normalized spacial score (nSPS) is 15.1. The van der Waals surface area contributed by atoms with Gasteiger partial charge in [-0.2, -0.15) is 13.2 Å². The summed E-state index contributed by atoms with van der Waals surface area (Å²) in [6.45, 7) is 4.27. The number of fused-ring (bicyclic) bond motifs is 1. The second-order valence-corrected chi connectivity index (χ2v) is 5.51. The highest BCUT2D eigenvalue weighted by molar-refractivity contribution is 5.85. The fraction of sp³-hybridized carbons (Fsp3) is 0.769. The molecule has 2 heterocycles. The van der Waals surface area contributed by atoms with Crippen molar-refractivity contribution in [2.75, 3.05) is 13.1 Å². The molecule has 6 nitrogen and oxygen atoms in total. The maximum Gasteiger partial charge on any atom is 0.451 e. The van der Waals surface area contributed by atoms with E-state index in [0.717, 1.165) is 4.57 Å². The lowest BCUT2D eigenvalue weighted by atomic mass is 9.81. The summed E-state index contributed by atoms with van der Waals surface area (Å²) in [5.41, 5.74) is 5.11. The van der Waals surface area contributed by atoms with E-state index in [1.165, 1.54) is 4.90 Å². The maximum atomic E-state index is 12.8. The lowest BCUT2D eigenvalue weighted by Gasteiger charge is -2.37. The summed E-state index contributed by atoms with van der Waals surface area (Å²) in [5, 5.41) is 6.79. The number of carbonyl (C=O) groups is 1. The summed E-state index contributed by atoms with van der Waals surface area (Å²) >= 11 is 0. The zero-order valence-corrected chi connectivity index (χ0v) is 13.9. The summed E-state index contributed by atoms with van der Waals surface area (Å²) in [6.07, 6.45) is -3.35. The van der Waals surface area contributed by atoms with Gasteiger partial charge in [0.2, 0.25) is 11.7 Å². The van der Waals surface area contributed by atoms with Crippen molar-refractivity contribution < 1.29 is 18.0 Å². The molecule has 0 atom stereocenters. The molecule has 1 amide bonds. The third kappa shape index (κ3) is 3.45. The smallest absolute Gasteiger partial charge is 0.333 e. The van der Waals surface area contributed by atoms with Gasteiger partial charge in [-0.25, -0.2) is 0 Å². The average Bonchev–Trinajstić information content (AvgIpc) is 2.92. The van der Waals surface area contributed by atoms with Gasteiger partial charge in [0.25, 0.3) is 0 Å². The minimum Gasteiger partial charge on any atom is -0.333 e. The first-order valence-corrected chi connectivity index (χ1v) is 7.27. The van der Waals surface area contributed by atoms with Crippen molar-refractivity contribution in [3.63, 3.8) is 0 Å². The molecule has 10 heteroatoms. The van der Waals surface area contributed by atoms with Crippen molar-refractivity contribution in [2.24, 2.45) is 11.1 Å². The van der Waals surface area contributed by atoms with Crippen LogP contribution in [0.4, 0.5) is 13.2 Å². The molecule has 0 unspecified atom stereocenters. The van der Waals surface area contributed by atoms with Gasteiger partial charge < -0.3 is 15.2 Å². The summed E-state index contributed by atoms with van der Waals surface area (Å²) < 4.78 is 39.4. The van der Waals surface area contributed by atoms with Crippen molar-refractivity contribution in [3.8, 4) is 0 Å². The van der Waals surface area contributed by atoms with E-state index in [0.29, 0.717) is 12.8 Å². The van der Waals surface area contributed by atoms with Crippen LogP contribution in [0.25, 0.3) is 0 Å². The fourth-order valence-electron chi connectivity index (χ4n) is 2.80. The van der Waals surface area contributed by atoms with E-state index in [1.807, 2.05) is 13.8 Å². The third-order valence-electron chi connectivity index (χ3n) is 4.49. The topological polar surface area (TPSA) is 77.0 Å². The van der Waals surface area contributed by atoms with Gasteiger partial charge in [0.15, 0.2) is 5.82 Å². The Morgan fingerprint density at radius 3 is 2.30 bits per heavy atom. The Morgan fingerprint density at radius 1 is 1.22 bits per heavy atom. The summed E-state index contributed by atoms with van der Waals surface area (Å²) in [7, 11) is 0. The van der Waals surface area contributed by atoms with E-state index in [1.54, 1.807) is 0 Å². The molecule has 2 N–H and O–H groups in total. The van der Waals surface area contributed by atoms with Crippen LogP contribution >= 0.6 is 12.4 Å². The van der Waals surface area contributed by atoms with E-state index in [2.05, 4.69) is 10.2 Å². The second kappa shape index (κ2) is 7.04. The Labute approximate surface area is 138 Å². The van der Waals surface area contributed by atoms with Crippen LogP contribution in [0, 0.1) is 5.41 Å². The highest BCUT2D eigenvalue weighted by Gasteiger charge is 2.42. The third-order valence-corrected chi connectivity index (χ3v) is 4.49. The first kappa shape index (κ1) is 19.7. The minimum absolute atomic E-state index is 0. The van der Waals surface area contributed by atoms with Crippen molar-refractivity contribution in [1.29, 1.82) is 0 Å². The van der Waals surface area contributed by atoms with E-state index in [9.17, 15) is 18.0 Å². The number of rotatable bonds is 4. The van der Waals surface area contributed by atoms with Crippen LogP contribution in [0.3, 0.4) is 0 Å². The standard InChI is InChI=1S/C13H20F3N5O.ClH/c1-3-12(4-2,8-17)11(22)20-5-6-21-9(7-20)18-19-10(21)13(14,15)16;/h3-8,17H2,1-2H3;1H. The molecular formula is C13H21ClF3N5O. The van der Waals surface area contributed by atoms with Gasteiger partial charge >= 0.3 is 6.18 Å². The fourth-order valence-corrected chi connectivity index (χ4v) is 2.80. The average molecular weight is 356 g/mol. The molecule has 1 aromatic rings. The Morgan fingerprint density at radius 2 is 1.83 bits per heavy atom. The van der Waals surface area contributed by atoms with Gasteiger partial charge in [-0.1, -0.05) is 13.8 Å². The van der Waals surface area contributed by atoms with Gasteiger partial charge in [0, 0.05) is 19.6 Å². The molecule has 1 aromatic heterocycles. The van der Waals surface area contributed by atoms with Gasteiger partial charge in [-0.05, 0) is 12.8 Å². The van der Waals surface area contributed by atoms with Crippen LogP contribution in [0.2, 0.25) is 0 Å². The van der Waals surface area contributed by atoms with Gasteiger partial charge in [-0.15, -0.1) is 22.6 Å². The van der Waals surface area contributed by atoms with Crippen LogP contribution in [-0.4, -0.2) is 38.7 Å². The van der Waals surface area contributed by atoms with Crippen LogP contribution in [-0.2, 0) is 24.1 Å². The summed E-state index contributed by atoms with van der Waals surface area (Å²) in [4.78, 5) is 14.2.